The summed E-state index contributed by atoms with van der Waals surface area (Å²) < 4.78 is 4.97. The first-order valence-electron chi connectivity index (χ1n) is 6.18. The van der Waals surface area contributed by atoms with Crippen LogP contribution in [0.2, 0.25) is 0 Å². The lowest BCUT2D eigenvalue weighted by Crippen LogP contribution is -2.16. The summed E-state index contributed by atoms with van der Waals surface area (Å²) in [4.78, 5) is 33.8. The molecule has 5 nitrogen and oxygen atoms in total. The van der Waals surface area contributed by atoms with Gasteiger partial charge in [-0.1, -0.05) is 12.1 Å². The zero-order valence-electron chi connectivity index (χ0n) is 10.6. The van der Waals surface area contributed by atoms with Gasteiger partial charge in [0.25, 0.3) is 0 Å². The van der Waals surface area contributed by atoms with E-state index in [1.54, 1.807) is 25.1 Å². The van der Waals surface area contributed by atoms with Crippen LogP contribution in [0, 0.1) is 0 Å². The molecule has 1 unspecified atom stereocenters. The number of fused-ring (bicyclic) bond motifs is 1. The molecule has 0 saturated heterocycles. The van der Waals surface area contributed by atoms with Gasteiger partial charge in [-0.2, -0.15) is 0 Å². The molecule has 0 spiro atoms. The van der Waals surface area contributed by atoms with Gasteiger partial charge < -0.3 is 14.8 Å². The third-order valence-electron chi connectivity index (χ3n) is 3.06. The van der Waals surface area contributed by atoms with Crippen molar-refractivity contribution in [2.24, 2.45) is 0 Å². The molecular weight excluding hydrogens is 246 g/mol. The molecule has 1 atom stereocenters. The minimum atomic E-state index is -0.599. The summed E-state index contributed by atoms with van der Waals surface area (Å²) >= 11 is 0. The van der Waals surface area contributed by atoms with Crippen molar-refractivity contribution in [2.45, 2.75) is 25.7 Å². The molecule has 1 aliphatic rings. The predicted octanol–water partition coefficient (Wildman–Crippen LogP) is 1.42. The molecule has 100 valence electrons. The number of ether oxygens (including phenoxy) is 1. The molecule has 19 heavy (non-hydrogen) atoms. The molecule has 0 saturated carbocycles. The van der Waals surface area contributed by atoms with Crippen LogP contribution in [0.1, 0.15) is 30.4 Å². The second-order valence-electron chi connectivity index (χ2n) is 4.35. The summed E-state index contributed by atoms with van der Waals surface area (Å²) in [6.07, 6.45) is 1.09. The highest BCUT2D eigenvalue weighted by molar-refractivity contribution is 5.99. The average molecular weight is 261 g/mol. The van der Waals surface area contributed by atoms with Crippen LogP contribution in [0.25, 0.3) is 0 Å². The molecule has 5 heteroatoms. The zero-order chi connectivity index (χ0) is 13.8. The topological polar surface area (TPSA) is 72.5 Å². The molecule has 1 aromatic rings. The quantitative estimate of drug-likeness (QED) is 0.642. The van der Waals surface area contributed by atoms with Gasteiger partial charge in [0.05, 0.1) is 18.9 Å². The number of rotatable bonds is 5. The summed E-state index contributed by atoms with van der Waals surface area (Å²) in [5.41, 5.74) is 2.32. The number of hydrogen-bond acceptors (Lipinski definition) is 4. The number of esters is 1. The standard InChI is InChI=1S/C14H15NO4/c1-2-19-14(18)11(5-6-16)9-3-4-12-10(7-9)8-13(17)15-12/h3-4,6-7,11H,2,5,8H2,1H3,(H,15,17). The van der Waals surface area contributed by atoms with Gasteiger partial charge in [-0.15, -0.1) is 0 Å². The van der Waals surface area contributed by atoms with Crippen molar-refractivity contribution in [2.75, 3.05) is 11.9 Å². The van der Waals surface area contributed by atoms with Crippen molar-refractivity contribution in [1.29, 1.82) is 0 Å². The van der Waals surface area contributed by atoms with E-state index in [4.69, 9.17) is 4.74 Å². The Bertz CT molecular complexity index is 524. The Labute approximate surface area is 110 Å². The van der Waals surface area contributed by atoms with Crippen LogP contribution in [-0.2, 0) is 25.5 Å². The van der Waals surface area contributed by atoms with Gasteiger partial charge in [0, 0.05) is 12.1 Å². The highest BCUT2D eigenvalue weighted by atomic mass is 16.5. The van der Waals surface area contributed by atoms with Crippen molar-refractivity contribution in [3.8, 4) is 0 Å². The Morgan fingerprint density at radius 1 is 1.53 bits per heavy atom. The SMILES string of the molecule is CCOC(=O)C(CC=O)c1ccc2c(c1)CC(=O)N2. The number of carbonyl (C=O) groups excluding carboxylic acids is 3. The molecule has 2 rings (SSSR count). The Morgan fingerprint density at radius 3 is 3.00 bits per heavy atom. The van der Waals surface area contributed by atoms with E-state index in [1.165, 1.54) is 0 Å². The minimum absolute atomic E-state index is 0.0600. The molecule has 1 amide bonds. The Balaban J connectivity index is 2.27. The summed E-state index contributed by atoms with van der Waals surface area (Å²) in [6.45, 7) is 2.00. The van der Waals surface area contributed by atoms with Crippen molar-refractivity contribution in [1.82, 2.24) is 0 Å². The molecular formula is C14H15NO4. The van der Waals surface area contributed by atoms with Crippen LogP contribution in [-0.4, -0.2) is 24.8 Å². The lowest BCUT2D eigenvalue weighted by Gasteiger charge is -2.14. The van der Waals surface area contributed by atoms with Crippen LogP contribution in [0.4, 0.5) is 5.69 Å². The first kappa shape index (κ1) is 13.3. The van der Waals surface area contributed by atoms with Gasteiger partial charge in [0.1, 0.15) is 6.29 Å². The van der Waals surface area contributed by atoms with Crippen LogP contribution in [0.3, 0.4) is 0 Å². The minimum Gasteiger partial charge on any atom is -0.466 e. The highest BCUT2D eigenvalue weighted by Crippen LogP contribution is 2.29. The molecule has 0 aliphatic carbocycles. The number of amides is 1. The predicted molar refractivity (Wildman–Crippen MR) is 68.8 cm³/mol. The fourth-order valence-corrected chi connectivity index (χ4v) is 2.17. The molecule has 1 N–H and O–H groups in total. The number of carbonyl (C=O) groups is 3. The number of nitrogens with one attached hydrogen (secondary N) is 1. The molecule has 1 aromatic carbocycles. The number of hydrogen-bond donors (Lipinski definition) is 1. The van der Waals surface area contributed by atoms with E-state index < -0.39 is 11.9 Å². The number of anilines is 1. The van der Waals surface area contributed by atoms with Crippen LogP contribution in [0.15, 0.2) is 18.2 Å². The van der Waals surface area contributed by atoms with E-state index >= 15 is 0 Å². The van der Waals surface area contributed by atoms with Crippen molar-refractivity contribution < 1.29 is 19.1 Å². The molecule has 0 fully saturated rings. The van der Waals surface area contributed by atoms with Gasteiger partial charge >= 0.3 is 5.97 Å². The first-order chi connectivity index (χ1) is 9.15. The van der Waals surface area contributed by atoms with Crippen molar-refractivity contribution in [3.05, 3.63) is 29.3 Å². The van der Waals surface area contributed by atoms with E-state index in [0.29, 0.717) is 18.3 Å². The number of benzene rings is 1. The second-order valence-corrected chi connectivity index (χ2v) is 4.35. The van der Waals surface area contributed by atoms with Crippen molar-refractivity contribution in [3.63, 3.8) is 0 Å². The molecule has 1 aliphatic heterocycles. The molecule has 0 aromatic heterocycles. The van der Waals surface area contributed by atoms with E-state index in [-0.39, 0.29) is 18.9 Å². The van der Waals surface area contributed by atoms with E-state index in [1.807, 2.05) is 0 Å². The smallest absolute Gasteiger partial charge is 0.313 e. The van der Waals surface area contributed by atoms with Crippen LogP contribution < -0.4 is 5.32 Å². The zero-order valence-corrected chi connectivity index (χ0v) is 10.6. The number of aldehydes is 1. The normalized spacial score (nSPS) is 14.5. The van der Waals surface area contributed by atoms with Crippen molar-refractivity contribution >= 4 is 23.9 Å². The largest absolute Gasteiger partial charge is 0.466 e. The maximum absolute atomic E-state index is 11.8. The maximum Gasteiger partial charge on any atom is 0.313 e. The maximum atomic E-state index is 11.8. The fourth-order valence-electron chi connectivity index (χ4n) is 2.17. The van der Waals surface area contributed by atoms with E-state index in [9.17, 15) is 14.4 Å². The molecule has 0 bridgehead atoms. The monoisotopic (exact) mass is 261 g/mol. The Hall–Kier alpha value is -2.17. The third kappa shape index (κ3) is 2.81. The van der Waals surface area contributed by atoms with Crippen LogP contribution in [0.5, 0.6) is 0 Å². The van der Waals surface area contributed by atoms with Crippen LogP contribution >= 0.6 is 0 Å². The summed E-state index contributed by atoms with van der Waals surface area (Å²) in [7, 11) is 0. The summed E-state index contributed by atoms with van der Waals surface area (Å²) in [6, 6.07) is 5.29. The molecule has 0 radical (unpaired) electrons. The Kier molecular flexibility index (Phi) is 3.94. The van der Waals surface area contributed by atoms with Gasteiger partial charge in [0.15, 0.2) is 0 Å². The highest BCUT2D eigenvalue weighted by Gasteiger charge is 2.24. The fraction of sp³-hybridized carbons (Fsp3) is 0.357. The lowest BCUT2D eigenvalue weighted by atomic mass is 9.94. The lowest BCUT2D eigenvalue weighted by molar-refractivity contribution is -0.145. The average Bonchev–Trinajstić information content (AvgIpc) is 2.75. The van der Waals surface area contributed by atoms with Gasteiger partial charge in [-0.3, -0.25) is 9.59 Å². The summed E-state index contributed by atoms with van der Waals surface area (Å²) in [5, 5.41) is 2.73. The van der Waals surface area contributed by atoms with Gasteiger partial charge in [0.2, 0.25) is 5.91 Å². The first-order valence-corrected chi connectivity index (χ1v) is 6.18. The van der Waals surface area contributed by atoms with E-state index in [0.717, 1.165) is 11.3 Å². The molecule has 1 heterocycles. The van der Waals surface area contributed by atoms with Gasteiger partial charge in [-0.05, 0) is 24.1 Å². The van der Waals surface area contributed by atoms with E-state index in [2.05, 4.69) is 5.32 Å². The summed E-state index contributed by atoms with van der Waals surface area (Å²) in [5.74, 6) is -1.07. The third-order valence-corrected chi connectivity index (χ3v) is 3.06. The second kappa shape index (κ2) is 5.65. The Morgan fingerprint density at radius 2 is 2.32 bits per heavy atom. The van der Waals surface area contributed by atoms with Gasteiger partial charge in [-0.25, -0.2) is 0 Å².